The summed E-state index contributed by atoms with van der Waals surface area (Å²) in [5.74, 6) is -0.159. The Hall–Kier alpha value is -0.960. The van der Waals surface area contributed by atoms with Crippen molar-refractivity contribution in [1.29, 1.82) is 0 Å². The van der Waals surface area contributed by atoms with Gasteiger partial charge in [-0.05, 0) is 53.2 Å². The number of ether oxygens (including phenoxy) is 1. The Bertz CT molecular complexity index is 433. The van der Waals surface area contributed by atoms with Gasteiger partial charge in [0.2, 0.25) is 0 Å². The molecule has 1 aromatic carbocycles. The Morgan fingerprint density at radius 2 is 1.89 bits per heavy atom. The summed E-state index contributed by atoms with van der Waals surface area (Å²) in [6.07, 6.45) is 0. The van der Waals surface area contributed by atoms with Crippen LogP contribution in [0.4, 0.5) is 0 Å². The quantitative estimate of drug-likeness (QED) is 0.608. The number of aryl methyl sites for hydroxylation is 2. The lowest BCUT2D eigenvalue weighted by atomic mass is 10.2. The maximum absolute atomic E-state index is 11.9. The first-order chi connectivity index (χ1) is 8.19. The lowest BCUT2D eigenvalue weighted by Crippen LogP contribution is -2.28. The third kappa shape index (κ3) is 4.73. The average molecular weight is 266 g/mol. The van der Waals surface area contributed by atoms with E-state index in [1.54, 1.807) is 11.8 Å². The second kappa shape index (κ2) is 5.79. The SMILES string of the molecule is Cc1ccc(C)c(SC(C)C(=O)OC(C)(C)C)c1. The van der Waals surface area contributed by atoms with Crippen molar-refractivity contribution in [1.82, 2.24) is 0 Å². The van der Waals surface area contributed by atoms with Crippen LogP contribution < -0.4 is 0 Å². The minimum atomic E-state index is -0.423. The fourth-order valence-corrected chi connectivity index (χ4v) is 2.49. The summed E-state index contributed by atoms with van der Waals surface area (Å²) in [6.45, 7) is 11.7. The maximum Gasteiger partial charge on any atom is 0.319 e. The largest absolute Gasteiger partial charge is 0.459 e. The fourth-order valence-electron chi connectivity index (χ4n) is 1.46. The van der Waals surface area contributed by atoms with Crippen molar-refractivity contribution < 1.29 is 9.53 Å². The highest BCUT2D eigenvalue weighted by Crippen LogP contribution is 2.28. The van der Waals surface area contributed by atoms with E-state index < -0.39 is 5.60 Å². The van der Waals surface area contributed by atoms with Crippen LogP contribution in [0, 0.1) is 13.8 Å². The average Bonchev–Trinajstić information content (AvgIpc) is 2.21. The number of carbonyl (C=O) groups is 1. The molecule has 1 aromatic rings. The van der Waals surface area contributed by atoms with Crippen LogP contribution in [0.3, 0.4) is 0 Å². The molecule has 0 saturated heterocycles. The number of benzene rings is 1. The van der Waals surface area contributed by atoms with Crippen molar-refractivity contribution in [2.75, 3.05) is 0 Å². The van der Waals surface area contributed by atoms with E-state index in [0.29, 0.717) is 0 Å². The first-order valence-electron chi connectivity index (χ1n) is 6.16. The number of thioether (sulfide) groups is 1. The minimum absolute atomic E-state index is 0.159. The monoisotopic (exact) mass is 266 g/mol. The summed E-state index contributed by atoms with van der Waals surface area (Å²) >= 11 is 1.56. The third-order valence-corrected chi connectivity index (χ3v) is 3.63. The van der Waals surface area contributed by atoms with Crippen LogP contribution in [-0.4, -0.2) is 16.8 Å². The van der Waals surface area contributed by atoms with Gasteiger partial charge in [0.05, 0.1) is 0 Å². The zero-order chi connectivity index (χ0) is 13.9. The predicted octanol–water partition coefficient (Wildman–Crippen LogP) is 4.13. The zero-order valence-corrected chi connectivity index (χ0v) is 12.9. The van der Waals surface area contributed by atoms with Gasteiger partial charge >= 0.3 is 5.97 Å². The van der Waals surface area contributed by atoms with E-state index in [-0.39, 0.29) is 11.2 Å². The van der Waals surface area contributed by atoms with E-state index in [0.717, 1.165) is 4.90 Å². The van der Waals surface area contributed by atoms with Gasteiger partial charge in [-0.2, -0.15) is 0 Å². The maximum atomic E-state index is 11.9. The van der Waals surface area contributed by atoms with E-state index in [4.69, 9.17) is 4.74 Å². The van der Waals surface area contributed by atoms with Crippen molar-refractivity contribution in [3.8, 4) is 0 Å². The van der Waals surface area contributed by atoms with Gasteiger partial charge in [-0.25, -0.2) is 0 Å². The van der Waals surface area contributed by atoms with E-state index in [9.17, 15) is 4.79 Å². The molecule has 0 fully saturated rings. The second-order valence-electron chi connectivity index (χ2n) is 5.56. The van der Waals surface area contributed by atoms with Crippen LogP contribution in [0.5, 0.6) is 0 Å². The summed E-state index contributed by atoms with van der Waals surface area (Å²) in [5, 5.41) is -0.190. The van der Waals surface area contributed by atoms with Crippen molar-refractivity contribution in [2.24, 2.45) is 0 Å². The molecular weight excluding hydrogens is 244 g/mol. The Kier molecular flexibility index (Phi) is 4.85. The molecule has 0 aliphatic carbocycles. The number of rotatable bonds is 3. The molecule has 0 radical (unpaired) electrons. The summed E-state index contributed by atoms with van der Waals surface area (Å²) in [6, 6.07) is 6.28. The molecule has 2 nitrogen and oxygen atoms in total. The van der Waals surface area contributed by atoms with E-state index >= 15 is 0 Å². The topological polar surface area (TPSA) is 26.3 Å². The Labute approximate surface area is 114 Å². The molecule has 18 heavy (non-hydrogen) atoms. The normalized spacial score (nSPS) is 13.2. The zero-order valence-electron chi connectivity index (χ0n) is 12.0. The van der Waals surface area contributed by atoms with Crippen LogP contribution in [-0.2, 0) is 9.53 Å². The molecule has 0 bridgehead atoms. The first kappa shape index (κ1) is 15.1. The molecule has 1 unspecified atom stereocenters. The molecule has 0 aromatic heterocycles. The summed E-state index contributed by atoms with van der Waals surface area (Å²) in [7, 11) is 0. The lowest BCUT2D eigenvalue weighted by molar-refractivity contribution is -0.153. The molecule has 1 rings (SSSR count). The smallest absolute Gasteiger partial charge is 0.319 e. The summed E-state index contributed by atoms with van der Waals surface area (Å²) in [4.78, 5) is 13.1. The van der Waals surface area contributed by atoms with Crippen LogP contribution in [0.25, 0.3) is 0 Å². The molecule has 0 spiro atoms. The molecule has 0 saturated carbocycles. The fraction of sp³-hybridized carbons (Fsp3) is 0.533. The number of hydrogen-bond acceptors (Lipinski definition) is 3. The molecule has 3 heteroatoms. The van der Waals surface area contributed by atoms with Gasteiger partial charge in [-0.3, -0.25) is 4.79 Å². The molecule has 100 valence electrons. The van der Waals surface area contributed by atoms with Gasteiger partial charge in [0.25, 0.3) is 0 Å². The van der Waals surface area contributed by atoms with E-state index in [2.05, 4.69) is 32.0 Å². The minimum Gasteiger partial charge on any atom is -0.459 e. The molecular formula is C15H22O2S. The van der Waals surface area contributed by atoms with Gasteiger partial charge in [-0.15, -0.1) is 11.8 Å². The molecule has 0 amide bonds. The van der Waals surface area contributed by atoms with Gasteiger partial charge in [-0.1, -0.05) is 17.7 Å². The lowest BCUT2D eigenvalue weighted by Gasteiger charge is -2.22. The Morgan fingerprint density at radius 1 is 1.28 bits per heavy atom. The van der Waals surface area contributed by atoms with E-state index in [1.165, 1.54) is 11.1 Å². The highest BCUT2D eigenvalue weighted by Gasteiger charge is 2.22. The van der Waals surface area contributed by atoms with Crippen molar-refractivity contribution in [2.45, 2.75) is 57.3 Å². The number of hydrogen-bond donors (Lipinski definition) is 0. The predicted molar refractivity (Wildman–Crippen MR) is 77.1 cm³/mol. The molecule has 1 atom stereocenters. The van der Waals surface area contributed by atoms with Crippen LogP contribution >= 0.6 is 11.8 Å². The third-order valence-electron chi connectivity index (χ3n) is 2.39. The Morgan fingerprint density at radius 3 is 2.44 bits per heavy atom. The molecule has 0 N–H and O–H groups in total. The highest BCUT2D eigenvalue weighted by atomic mass is 32.2. The Balaban J connectivity index is 2.72. The van der Waals surface area contributed by atoms with Gasteiger partial charge in [0.15, 0.2) is 0 Å². The standard InChI is InChI=1S/C15H22O2S/c1-10-7-8-11(2)13(9-10)18-12(3)14(16)17-15(4,5)6/h7-9,12H,1-6H3. The molecule has 0 aliphatic heterocycles. The first-order valence-corrected chi connectivity index (χ1v) is 7.04. The van der Waals surface area contributed by atoms with Gasteiger partial charge in [0.1, 0.15) is 10.9 Å². The van der Waals surface area contributed by atoms with Crippen LogP contribution in [0.2, 0.25) is 0 Å². The molecule has 0 aliphatic rings. The highest BCUT2D eigenvalue weighted by molar-refractivity contribution is 8.00. The number of carbonyl (C=O) groups excluding carboxylic acids is 1. The van der Waals surface area contributed by atoms with Crippen molar-refractivity contribution >= 4 is 17.7 Å². The van der Waals surface area contributed by atoms with E-state index in [1.807, 2.05) is 27.7 Å². The van der Waals surface area contributed by atoms with Crippen LogP contribution in [0.15, 0.2) is 23.1 Å². The summed E-state index contributed by atoms with van der Waals surface area (Å²) in [5.41, 5.74) is 1.98. The second-order valence-corrected chi connectivity index (χ2v) is 6.95. The summed E-state index contributed by atoms with van der Waals surface area (Å²) < 4.78 is 5.38. The van der Waals surface area contributed by atoms with Crippen LogP contribution in [0.1, 0.15) is 38.8 Å². The van der Waals surface area contributed by atoms with Crippen molar-refractivity contribution in [3.63, 3.8) is 0 Å². The number of esters is 1. The van der Waals surface area contributed by atoms with Gasteiger partial charge in [0, 0.05) is 4.90 Å². The van der Waals surface area contributed by atoms with Crippen molar-refractivity contribution in [3.05, 3.63) is 29.3 Å². The molecule has 0 heterocycles. The van der Waals surface area contributed by atoms with Gasteiger partial charge < -0.3 is 4.74 Å².